The van der Waals surface area contributed by atoms with Gasteiger partial charge in [0.05, 0.1) is 43.7 Å². The Morgan fingerprint density at radius 3 is 1.93 bits per heavy atom. The summed E-state index contributed by atoms with van der Waals surface area (Å²) in [7, 11) is -3.52. The number of carbonyl (C=O) groups is 4. The molecule has 1 aromatic rings. The zero-order valence-electron chi connectivity index (χ0n) is 24.2. The van der Waals surface area contributed by atoms with Gasteiger partial charge in [0.25, 0.3) is 0 Å². The van der Waals surface area contributed by atoms with Gasteiger partial charge in [0.1, 0.15) is 0 Å². The van der Waals surface area contributed by atoms with Gasteiger partial charge in [-0.3, -0.25) is 19.2 Å². The van der Waals surface area contributed by atoms with Gasteiger partial charge in [-0.25, -0.2) is 8.42 Å². The van der Waals surface area contributed by atoms with E-state index in [-0.39, 0.29) is 35.0 Å². The predicted octanol–water partition coefficient (Wildman–Crippen LogP) is 4.55. The molecule has 2 atom stereocenters. The highest BCUT2D eigenvalue weighted by atomic mass is 35.5. The molecule has 0 aliphatic heterocycles. The molecule has 0 aliphatic rings. The molecule has 0 heterocycles. The van der Waals surface area contributed by atoms with Crippen LogP contribution in [0.3, 0.4) is 0 Å². The van der Waals surface area contributed by atoms with Crippen molar-refractivity contribution in [3.63, 3.8) is 0 Å². The molecule has 0 aliphatic carbocycles. The number of methoxy groups -OCH3 is 1. The third kappa shape index (κ3) is 10.4. The first-order valence-electron chi connectivity index (χ1n) is 13.2. The maximum atomic E-state index is 14.3. The molecule has 12 heteroatoms. The van der Waals surface area contributed by atoms with E-state index in [1.807, 2.05) is 27.7 Å². The number of benzene rings is 1. The van der Waals surface area contributed by atoms with Crippen LogP contribution in [0.25, 0.3) is 0 Å². The fraction of sp³-hybridized carbons (Fsp3) is 0.643. The van der Waals surface area contributed by atoms with Crippen molar-refractivity contribution in [3.8, 4) is 0 Å². The summed E-state index contributed by atoms with van der Waals surface area (Å²) in [6, 6.07) is 5.11. The molecule has 0 fully saturated rings. The summed E-state index contributed by atoms with van der Waals surface area (Å²) in [5.41, 5.74) is 0. The van der Waals surface area contributed by atoms with Crippen molar-refractivity contribution in [1.29, 1.82) is 0 Å². The Kier molecular flexibility index (Phi) is 14.1. The summed E-state index contributed by atoms with van der Waals surface area (Å²) in [4.78, 5) is 51.6. The SMILES string of the molecule is COC(=O)CCC(CC(CC(=O)OCC(C)C)C(=O)OCC(C)C)(C(=O)OC(C)C)S(=O)(=O)c1ccc(Cl)cc1. The Morgan fingerprint density at radius 2 is 1.43 bits per heavy atom. The monoisotopic (exact) mass is 604 g/mol. The Hall–Kier alpha value is -2.66. The van der Waals surface area contributed by atoms with E-state index < -0.39 is 76.2 Å². The lowest BCUT2D eigenvalue weighted by atomic mass is 9.87. The molecule has 40 heavy (non-hydrogen) atoms. The Morgan fingerprint density at radius 1 is 0.875 bits per heavy atom. The van der Waals surface area contributed by atoms with Gasteiger partial charge in [0.2, 0.25) is 0 Å². The third-order valence-electron chi connectivity index (χ3n) is 5.77. The smallest absolute Gasteiger partial charge is 0.328 e. The van der Waals surface area contributed by atoms with E-state index in [9.17, 15) is 27.6 Å². The first-order chi connectivity index (χ1) is 18.5. The number of ether oxygens (including phenoxy) is 4. The van der Waals surface area contributed by atoms with Crippen LogP contribution in [0.5, 0.6) is 0 Å². The number of halogens is 1. The number of esters is 4. The topological polar surface area (TPSA) is 139 Å². The van der Waals surface area contributed by atoms with E-state index in [2.05, 4.69) is 0 Å². The highest BCUT2D eigenvalue weighted by Gasteiger charge is 2.55. The van der Waals surface area contributed by atoms with Crippen molar-refractivity contribution in [1.82, 2.24) is 0 Å². The number of hydrogen-bond donors (Lipinski definition) is 0. The Labute approximate surface area is 241 Å². The van der Waals surface area contributed by atoms with Crippen molar-refractivity contribution in [3.05, 3.63) is 29.3 Å². The molecule has 0 amide bonds. The van der Waals surface area contributed by atoms with E-state index in [1.54, 1.807) is 0 Å². The second kappa shape index (κ2) is 16.0. The molecule has 1 rings (SSSR count). The van der Waals surface area contributed by atoms with E-state index in [0.29, 0.717) is 0 Å². The van der Waals surface area contributed by atoms with Gasteiger partial charge < -0.3 is 18.9 Å². The summed E-state index contributed by atoms with van der Waals surface area (Å²) in [6.45, 7) is 10.4. The standard InChI is InChI=1S/C28H41ClO10S/c1-18(2)16-37-25(31)14-21(26(32)38-17-19(3)4)15-28(13-12-24(30)36-7,27(33)39-20(5)6)40(34,35)23-10-8-22(29)9-11-23/h8-11,18-21H,12-17H2,1-7H3. The lowest BCUT2D eigenvalue weighted by Crippen LogP contribution is -2.51. The van der Waals surface area contributed by atoms with E-state index >= 15 is 0 Å². The van der Waals surface area contributed by atoms with Crippen molar-refractivity contribution >= 4 is 45.3 Å². The summed E-state index contributed by atoms with van der Waals surface area (Å²) in [5, 5.41) is 0.256. The summed E-state index contributed by atoms with van der Waals surface area (Å²) in [5.74, 6) is -5.02. The molecule has 226 valence electrons. The van der Waals surface area contributed by atoms with Gasteiger partial charge in [-0.2, -0.15) is 0 Å². The molecular weight excluding hydrogens is 564 g/mol. The molecule has 0 radical (unpaired) electrons. The first kappa shape index (κ1) is 35.4. The lowest BCUT2D eigenvalue weighted by molar-refractivity contribution is -0.159. The average molecular weight is 605 g/mol. The van der Waals surface area contributed by atoms with Gasteiger partial charge in [-0.15, -0.1) is 0 Å². The Balaban J connectivity index is 3.78. The summed E-state index contributed by atoms with van der Waals surface area (Å²) in [6.07, 6.45) is -3.04. The lowest BCUT2D eigenvalue weighted by Gasteiger charge is -2.34. The molecule has 0 bridgehead atoms. The molecule has 10 nitrogen and oxygen atoms in total. The van der Waals surface area contributed by atoms with Crippen LogP contribution >= 0.6 is 11.6 Å². The second-order valence-corrected chi connectivity index (χ2v) is 13.4. The maximum absolute atomic E-state index is 14.3. The second-order valence-electron chi connectivity index (χ2n) is 10.7. The van der Waals surface area contributed by atoms with Crippen molar-refractivity contribution in [2.75, 3.05) is 20.3 Å². The van der Waals surface area contributed by atoms with Crippen LogP contribution in [-0.2, 0) is 48.0 Å². The van der Waals surface area contributed by atoms with Gasteiger partial charge in [-0.1, -0.05) is 39.3 Å². The van der Waals surface area contributed by atoms with Gasteiger partial charge in [0.15, 0.2) is 14.6 Å². The minimum Gasteiger partial charge on any atom is -0.469 e. The van der Waals surface area contributed by atoms with Crippen molar-refractivity contribution < 1.29 is 46.5 Å². The first-order valence-corrected chi connectivity index (χ1v) is 15.0. The van der Waals surface area contributed by atoms with E-state index in [1.165, 1.54) is 38.1 Å². The highest BCUT2D eigenvalue weighted by molar-refractivity contribution is 7.93. The van der Waals surface area contributed by atoms with Crippen LogP contribution in [0.4, 0.5) is 0 Å². The minimum absolute atomic E-state index is 0.00586. The molecular formula is C28H41ClO10S. The van der Waals surface area contributed by atoms with E-state index in [0.717, 1.165) is 7.11 Å². The normalized spacial score (nSPS) is 14.0. The Bertz CT molecular complexity index is 1110. The largest absolute Gasteiger partial charge is 0.469 e. The zero-order chi connectivity index (χ0) is 30.7. The minimum atomic E-state index is -4.65. The van der Waals surface area contributed by atoms with Crippen LogP contribution < -0.4 is 0 Å². The van der Waals surface area contributed by atoms with Gasteiger partial charge >= 0.3 is 23.9 Å². The highest BCUT2D eigenvalue weighted by Crippen LogP contribution is 2.39. The molecule has 0 N–H and O–H groups in total. The fourth-order valence-electron chi connectivity index (χ4n) is 3.73. The van der Waals surface area contributed by atoms with Gasteiger partial charge in [0, 0.05) is 11.4 Å². The van der Waals surface area contributed by atoms with Crippen molar-refractivity contribution in [2.24, 2.45) is 17.8 Å². The third-order valence-corrected chi connectivity index (χ3v) is 8.48. The number of rotatable bonds is 16. The van der Waals surface area contributed by atoms with Crippen LogP contribution in [0.1, 0.15) is 67.2 Å². The summed E-state index contributed by atoms with van der Waals surface area (Å²) < 4.78 is 46.8. The summed E-state index contributed by atoms with van der Waals surface area (Å²) >= 11 is 5.96. The fourth-order valence-corrected chi connectivity index (χ4v) is 5.86. The molecule has 0 saturated carbocycles. The molecule has 0 saturated heterocycles. The zero-order valence-corrected chi connectivity index (χ0v) is 25.8. The number of carbonyl (C=O) groups excluding carboxylic acids is 4. The number of sulfone groups is 1. The quantitative estimate of drug-likeness (QED) is 0.195. The van der Waals surface area contributed by atoms with Crippen LogP contribution in [0.15, 0.2) is 29.2 Å². The molecule has 0 spiro atoms. The van der Waals surface area contributed by atoms with Crippen LogP contribution in [-0.4, -0.2) is 63.5 Å². The molecule has 1 aromatic carbocycles. The molecule has 2 unspecified atom stereocenters. The average Bonchev–Trinajstić information content (AvgIpc) is 2.87. The number of hydrogen-bond acceptors (Lipinski definition) is 10. The van der Waals surface area contributed by atoms with E-state index in [4.69, 9.17) is 30.5 Å². The van der Waals surface area contributed by atoms with Crippen LogP contribution in [0, 0.1) is 17.8 Å². The van der Waals surface area contributed by atoms with Crippen LogP contribution in [0.2, 0.25) is 5.02 Å². The maximum Gasteiger partial charge on any atom is 0.328 e. The van der Waals surface area contributed by atoms with Crippen molar-refractivity contribution in [2.45, 2.75) is 83.0 Å². The molecule has 0 aromatic heterocycles. The van der Waals surface area contributed by atoms with Gasteiger partial charge in [-0.05, 0) is 62.8 Å². The predicted molar refractivity (Wildman–Crippen MR) is 148 cm³/mol.